The van der Waals surface area contributed by atoms with Gasteiger partial charge in [0.05, 0.1) is 11.1 Å². The molecule has 1 unspecified atom stereocenters. The van der Waals surface area contributed by atoms with Gasteiger partial charge < -0.3 is 4.79 Å². The first kappa shape index (κ1) is 11.2. The maximum absolute atomic E-state index is 12.5. The zero-order valence-electron chi connectivity index (χ0n) is 7.86. The van der Waals surface area contributed by atoms with Gasteiger partial charge in [0.1, 0.15) is 12.3 Å². The summed E-state index contributed by atoms with van der Waals surface area (Å²) in [4.78, 5) is 15.1. The van der Waals surface area contributed by atoms with Crippen LogP contribution in [0.5, 0.6) is 0 Å². The Morgan fingerprint density at radius 1 is 1.38 bits per heavy atom. The maximum atomic E-state index is 12.5. The molecule has 6 heteroatoms. The van der Waals surface area contributed by atoms with Crippen molar-refractivity contribution >= 4 is 23.6 Å². The van der Waals surface area contributed by atoms with E-state index in [1.54, 1.807) is 0 Å². The van der Waals surface area contributed by atoms with Crippen LogP contribution in [-0.2, 0) is 11.0 Å². The predicted octanol–water partition coefficient (Wildman–Crippen LogP) is 3.08. The highest BCUT2D eigenvalue weighted by Crippen LogP contribution is 2.37. The minimum absolute atomic E-state index is 0.317. The molecule has 1 aliphatic rings. The summed E-state index contributed by atoms with van der Waals surface area (Å²) >= 11 is 1.21. The molecule has 0 radical (unpaired) electrons. The van der Waals surface area contributed by atoms with E-state index in [1.165, 1.54) is 23.4 Å². The van der Waals surface area contributed by atoms with Crippen LogP contribution >= 0.6 is 11.8 Å². The van der Waals surface area contributed by atoms with Gasteiger partial charge in [-0.2, -0.15) is 13.2 Å². The lowest BCUT2D eigenvalue weighted by Gasteiger charge is -2.17. The first-order valence-corrected chi connectivity index (χ1v) is 5.25. The molecule has 0 aliphatic carbocycles. The molecular weight excluding hydrogens is 239 g/mol. The third-order valence-corrected chi connectivity index (χ3v) is 3.04. The highest BCUT2D eigenvalue weighted by atomic mass is 32.2. The standard InChI is InChI=1S/C10H6F3NOS/c11-10(12,13)6-1-2-9-7(3-6)8(4-15)14-5-16-9/h1-5,8H. The average Bonchev–Trinajstić information content (AvgIpc) is 2.26. The molecule has 1 atom stereocenters. The van der Waals surface area contributed by atoms with Crippen molar-refractivity contribution in [3.8, 4) is 0 Å². The van der Waals surface area contributed by atoms with Gasteiger partial charge in [0.25, 0.3) is 0 Å². The van der Waals surface area contributed by atoms with Crippen molar-refractivity contribution in [3.63, 3.8) is 0 Å². The molecule has 0 bridgehead atoms. The second-order valence-electron chi connectivity index (χ2n) is 3.20. The quantitative estimate of drug-likeness (QED) is 0.711. The van der Waals surface area contributed by atoms with Crippen molar-refractivity contribution in [2.24, 2.45) is 4.99 Å². The van der Waals surface area contributed by atoms with E-state index in [0.29, 0.717) is 16.7 Å². The van der Waals surface area contributed by atoms with Gasteiger partial charge in [0.15, 0.2) is 0 Å². The number of fused-ring (bicyclic) bond motifs is 1. The SMILES string of the molecule is O=CC1N=CSc2ccc(C(F)(F)F)cc21. The Balaban J connectivity index is 2.49. The fourth-order valence-electron chi connectivity index (χ4n) is 1.40. The molecule has 84 valence electrons. The highest BCUT2D eigenvalue weighted by Gasteiger charge is 2.32. The third kappa shape index (κ3) is 1.97. The number of carbonyl (C=O) groups is 1. The fourth-order valence-corrected chi connectivity index (χ4v) is 2.17. The summed E-state index contributed by atoms with van der Waals surface area (Å²) in [5, 5.41) is 0. The molecule has 0 amide bonds. The van der Waals surface area contributed by atoms with Crippen molar-refractivity contribution in [2.45, 2.75) is 17.1 Å². The summed E-state index contributed by atoms with van der Waals surface area (Å²) in [7, 11) is 0. The number of alkyl halides is 3. The third-order valence-electron chi connectivity index (χ3n) is 2.19. The van der Waals surface area contributed by atoms with Gasteiger partial charge in [0, 0.05) is 4.90 Å². The Bertz CT molecular complexity index is 456. The Labute approximate surface area is 93.6 Å². The molecule has 0 aromatic heterocycles. The number of hydrogen-bond donors (Lipinski definition) is 0. The van der Waals surface area contributed by atoms with Crippen LogP contribution < -0.4 is 0 Å². The summed E-state index contributed by atoms with van der Waals surface area (Å²) in [5.74, 6) is 0. The van der Waals surface area contributed by atoms with Crippen LogP contribution in [0.2, 0.25) is 0 Å². The maximum Gasteiger partial charge on any atom is 0.416 e. The van der Waals surface area contributed by atoms with E-state index in [9.17, 15) is 18.0 Å². The summed E-state index contributed by atoms with van der Waals surface area (Å²) < 4.78 is 37.4. The van der Waals surface area contributed by atoms with Gasteiger partial charge in [-0.25, -0.2) is 0 Å². The normalized spacial score (nSPS) is 19.3. The van der Waals surface area contributed by atoms with Crippen LogP contribution in [0.15, 0.2) is 28.1 Å². The van der Waals surface area contributed by atoms with Gasteiger partial charge in [-0.15, -0.1) is 0 Å². The van der Waals surface area contributed by atoms with E-state index in [0.717, 1.165) is 12.1 Å². The van der Waals surface area contributed by atoms with E-state index >= 15 is 0 Å². The lowest BCUT2D eigenvalue weighted by molar-refractivity contribution is -0.137. The second kappa shape index (κ2) is 3.93. The second-order valence-corrected chi connectivity index (χ2v) is 4.09. The van der Waals surface area contributed by atoms with Crippen LogP contribution in [0.3, 0.4) is 0 Å². The Hall–Kier alpha value is -1.30. The van der Waals surface area contributed by atoms with Crippen LogP contribution in [0.25, 0.3) is 0 Å². The van der Waals surface area contributed by atoms with E-state index in [4.69, 9.17) is 0 Å². The number of hydrogen-bond acceptors (Lipinski definition) is 3. The van der Waals surface area contributed by atoms with Crippen LogP contribution in [0.1, 0.15) is 17.2 Å². The van der Waals surface area contributed by atoms with Gasteiger partial charge in [0.2, 0.25) is 0 Å². The summed E-state index contributed by atoms with van der Waals surface area (Å²) in [6.45, 7) is 0. The number of aldehydes is 1. The predicted molar refractivity (Wildman–Crippen MR) is 54.6 cm³/mol. The first-order chi connectivity index (χ1) is 7.52. The summed E-state index contributed by atoms with van der Waals surface area (Å²) in [6, 6.07) is 2.54. The number of nitrogens with zero attached hydrogens (tertiary/aromatic N) is 1. The smallest absolute Gasteiger partial charge is 0.301 e. The van der Waals surface area contributed by atoms with Crippen LogP contribution in [0, 0.1) is 0 Å². The zero-order chi connectivity index (χ0) is 11.8. The monoisotopic (exact) mass is 245 g/mol. The molecule has 0 saturated heterocycles. The molecule has 0 N–H and O–H groups in total. The molecule has 1 heterocycles. The number of benzene rings is 1. The van der Waals surface area contributed by atoms with Crippen molar-refractivity contribution in [2.75, 3.05) is 0 Å². The lowest BCUT2D eigenvalue weighted by Crippen LogP contribution is -2.09. The summed E-state index contributed by atoms with van der Waals surface area (Å²) in [5.41, 5.74) is 1.03. The average molecular weight is 245 g/mol. The molecule has 2 nitrogen and oxygen atoms in total. The van der Waals surface area contributed by atoms with E-state index < -0.39 is 17.8 Å². The van der Waals surface area contributed by atoms with E-state index in [1.807, 2.05) is 0 Å². The fraction of sp³-hybridized carbons (Fsp3) is 0.200. The molecule has 0 fully saturated rings. The van der Waals surface area contributed by atoms with E-state index in [2.05, 4.69) is 4.99 Å². The number of carbonyl (C=O) groups excluding carboxylic acids is 1. The van der Waals surface area contributed by atoms with Gasteiger partial charge in [-0.1, -0.05) is 11.8 Å². The van der Waals surface area contributed by atoms with Gasteiger partial charge in [-0.05, 0) is 23.8 Å². The first-order valence-electron chi connectivity index (χ1n) is 4.37. The minimum Gasteiger partial charge on any atom is -0.301 e. The van der Waals surface area contributed by atoms with Crippen molar-refractivity contribution in [3.05, 3.63) is 29.3 Å². The molecule has 1 aromatic rings. The molecule has 2 rings (SSSR count). The zero-order valence-corrected chi connectivity index (χ0v) is 8.68. The molecule has 16 heavy (non-hydrogen) atoms. The Kier molecular flexibility index (Phi) is 2.75. The van der Waals surface area contributed by atoms with Gasteiger partial charge in [-0.3, -0.25) is 4.99 Å². The summed E-state index contributed by atoms with van der Waals surface area (Å²) in [6.07, 6.45) is -3.86. The number of halogens is 3. The topological polar surface area (TPSA) is 29.4 Å². The lowest BCUT2D eigenvalue weighted by atomic mass is 10.0. The van der Waals surface area contributed by atoms with E-state index in [-0.39, 0.29) is 0 Å². The highest BCUT2D eigenvalue weighted by molar-refractivity contribution is 8.12. The van der Waals surface area contributed by atoms with Crippen molar-refractivity contribution < 1.29 is 18.0 Å². The van der Waals surface area contributed by atoms with Crippen molar-refractivity contribution in [1.29, 1.82) is 0 Å². The number of rotatable bonds is 1. The van der Waals surface area contributed by atoms with Crippen molar-refractivity contribution in [1.82, 2.24) is 0 Å². The van der Waals surface area contributed by atoms with Crippen LogP contribution in [0.4, 0.5) is 13.2 Å². The molecule has 1 aliphatic heterocycles. The Morgan fingerprint density at radius 2 is 2.12 bits per heavy atom. The van der Waals surface area contributed by atoms with Gasteiger partial charge >= 0.3 is 6.18 Å². The van der Waals surface area contributed by atoms with Crippen LogP contribution in [-0.4, -0.2) is 11.8 Å². The number of thioether (sulfide) groups is 1. The number of aliphatic imine (C=N–C) groups is 1. The molecule has 1 aromatic carbocycles. The molecular formula is C10H6F3NOS. The molecule has 0 spiro atoms. The minimum atomic E-state index is -4.39. The molecule has 0 saturated carbocycles. The largest absolute Gasteiger partial charge is 0.416 e. The Morgan fingerprint density at radius 3 is 2.75 bits per heavy atom.